The first-order valence-corrected chi connectivity index (χ1v) is 8.53. The zero-order chi connectivity index (χ0) is 19.6. The molecule has 0 saturated carbocycles. The number of carbonyl (C=O) groups excluding carboxylic acids is 2. The van der Waals surface area contributed by atoms with Gasteiger partial charge in [0.1, 0.15) is 5.75 Å². The number of Topliss-reactive ketones (excluding diaryl/α,β-unsaturated/α-hetero) is 1. The highest BCUT2D eigenvalue weighted by Gasteiger charge is 2.17. The lowest BCUT2D eigenvalue weighted by Crippen LogP contribution is -2.16. The van der Waals surface area contributed by atoms with E-state index in [-0.39, 0.29) is 17.4 Å². The van der Waals surface area contributed by atoms with E-state index in [1.54, 1.807) is 30.0 Å². The average molecular weight is 363 g/mol. The van der Waals surface area contributed by atoms with Crippen molar-refractivity contribution in [2.75, 3.05) is 12.4 Å². The number of nitrogens with zero attached hydrogens (tertiary/aromatic N) is 2. The molecule has 6 nitrogen and oxygen atoms in total. The first kappa shape index (κ1) is 18.4. The Morgan fingerprint density at radius 3 is 2.41 bits per heavy atom. The van der Waals surface area contributed by atoms with Crippen molar-refractivity contribution in [1.29, 1.82) is 0 Å². The fraction of sp³-hybridized carbons (Fsp3) is 0.190. The number of ether oxygens (including phenoxy) is 1. The molecule has 27 heavy (non-hydrogen) atoms. The van der Waals surface area contributed by atoms with Gasteiger partial charge in [0.25, 0.3) is 5.91 Å². The molecule has 0 bridgehead atoms. The van der Waals surface area contributed by atoms with Gasteiger partial charge >= 0.3 is 0 Å². The number of nitrogens with one attached hydrogen (secondary N) is 1. The van der Waals surface area contributed by atoms with Gasteiger partial charge in [0.05, 0.1) is 18.5 Å². The fourth-order valence-electron chi connectivity index (χ4n) is 3.00. The molecule has 0 aliphatic carbocycles. The number of aromatic nitrogens is 2. The van der Waals surface area contributed by atoms with Gasteiger partial charge in [0.15, 0.2) is 11.5 Å². The number of hydrogen-bond acceptors (Lipinski definition) is 4. The highest BCUT2D eigenvalue weighted by Crippen LogP contribution is 2.22. The van der Waals surface area contributed by atoms with E-state index in [0.29, 0.717) is 11.3 Å². The van der Waals surface area contributed by atoms with Crippen LogP contribution in [0.5, 0.6) is 5.75 Å². The van der Waals surface area contributed by atoms with Crippen LogP contribution in [0, 0.1) is 13.8 Å². The van der Waals surface area contributed by atoms with E-state index in [1.807, 2.05) is 44.2 Å². The van der Waals surface area contributed by atoms with Crippen molar-refractivity contribution in [1.82, 2.24) is 9.78 Å². The second-order valence-corrected chi connectivity index (χ2v) is 6.29. The molecule has 3 rings (SSSR count). The molecule has 1 aromatic heterocycles. The van der Waals surface area contributed by atoms with Gasteiger partial charge in [0.2, 0.25) is 0 Å². The van der Waals surface area contributed by atoms with Crippen LogP contribution in [0.4, 0.5) is 5.69 Å². The van der Waals surface area contributed by atoms with E-state index in [2.05, 4.69) is 10.4 Å². The molecule has 0 aliphatic heterocycles. The Bertz CT molecular complexity index is 1000. The number of anilines is 1. The highest BCUT2D eigenvalue weighted by molar-refractivity contribution is 6.08. The number of benzene rings is 2. The largest absolute Gasteiger partial charge is 0.497 e. The molecule has 6 heteroatoms. The summed E-state index contributed by atoms with van der Waals surface area (Å²) in [6.07, 6.45) is 0. The maximum absolute atomic E-state index is 12.7. The normalized spacial score (nSPS) is 10.5. The van der Waals surface area contributed by atoms with Gasteiger partial charge in [-0.1, -0.05) is 12.1 Å². The van der Waals surface area contributed by atoms with Crippen LogP contribution in [0.15, 0.2) is 48.5 Å². The van der Waals surface area contributed by atoms with Gasteiger partial charge in [-0.3, -0.25) is 9.59 Å². The van der Waals surface area contributed by atoms with E-state index >= 15 is 0 Å². The molecule has 1 N–H and O–H groups in total. The third kappa shape index (κ3) is 3.74. The second kappa shape index (κ2) is 7.45. The topological polar surface area (TPSA) is 73.2 Å². The molecule has 0 aliphatic rings. The van der Waals surface area contributed by atoms with Crippen LogP contribution in [-0.4, -0.2) is 28.6 Å². The second-order valence-electron chi connectivity index (χ2n) is 6.29. The van der Waals surface area contributed by atoms with Gasteiger partial charge in [-0.15, -0.1) is 0 Å². The molecule has 2 aromatic carbocycles. The lowest BCUT2D eigenvalue weighted by Gasteiger charge is -2.10. The zero-order valence-corrected chi connectivity index (χ0v) is 15.7. The quantitative estimate of drug-likeness (QED) is 0.697. The molecular formula is C21H21N3O3. The molecule has 0 spiro atoms. The number of rotatable bonds is 5. The fourth-order valence-corrected chi connectivity index (χ4v) is 3.00. The van der Waals surface area contributed by atoms with Crippen molar-refractivity contribution in [3.8, 4) is 11.4 Å². The van der Waals surface area contributed by atoms with Crippen LogP contribution in [0.25, 0.3) is 5.69 Å². The van der Waals surface area contributed by atoms with Gasteiger partial charge in [0, 0.05) is 11.3 Å². The summed E-state index contributed by atoms with van der Waals surface area (Å²) in [4.78, 5) is 24.6. The van der Waals surface area contributed by atoms with Crippen molar-refractivity contribution in [3.05, 3.63) is 71.0 Å². The molecule has 0 saturated heterocycles. The smallest absolute Gasteiger partial charge is 0.276 e. The Labute approximate surface area is 157 Å². The van der Waals surface area contributed by atoms with Crippen LogP contribution in [0.3, 0.4) is 0 Å². The summed E-state index contributed by atoms with van der Waals surface area (Å²) in [6, 6.07) is 14.5. The Balaban J connectivity index is 1.89. The predicted octanol–water partition coefficient (Wildman–Crippen LogP) is 3.95. The maximum Gasteiger partial charge on any atom is 0.276 e. The number of methoxy groups -OCH3 is 1. The lowest BCUT2D eigenvalue weighted by molar-refractivity contribution is 0.101. The van der Waals surface area contributed by atoms with Crippen molar-refractivity contribution in [3.63, 3.8) is 0 Å². The first-order chi connectivity index (χ1) is 12.9. The van der Waals surface area contributed by atoms with Gasteiger partial charge in [-0.05, 0) is 62.7 Å². The third-order valence-electron chi connectivity index (χ3n) is 4.31. The summed E-state index contributed by atoms with van der Waals surface area (Å²) in [5, 5.41) is 7.21. The van der Waals surface area contributed by atoms with Crippen LogP contribution in [0.2, 0.25) is 0 Å². The summed E-state index contributed by atoms with van der Waals surface area (Å²) in [6.45, 7) is 5.21. The summed E-state index contributed by atoms with van der Waals surface area (Å²) in [5.74, 6) is 0.291. The molecule has 1 heterocycles. The SMILES string of the molecule is COc1ccc(-n2nc(C(=O)Nc3cccc(C)c3C(C)=O)cc2C)cc1. The molecule has 0 atom stereocenters. The van der Waals surface area contributed by atoms with E-state index in [9.17, 15) is 9.59 Å². The highest BCUT2D eigenvalue weighted by atomic mass is 16.5. The third-order valence-corrected chi connectivity index (χ3v) is 4.31. The van der Waals surface area contributed by atoms with E-state index in [4.69, 9.17) is 4.74 Å². The molecule has 0 radical (unpaired) electrons. The Hall–Kier alpha value is -3.41. The Morgan fingerprint density at radius 1 is 1.07 bits per heavy atom. The van der Waals surface area contributed by atoms with Gasteiger partial charge in [-0.25, -0.2) is 4.68 Å². The minimum Gasteiger partial charge on any atom is -0.497 e. The van der Waals surface area contributed by atoms with Gasteiger partial charge < -0.3 is 10.1 Å². The minimum atomic E-state index is -0.363. The molecule has 3 aromatic rings. The van der Waals surface area contributed by atoms with Crippen LogP contribution in [0.1, 0.15) is 39.0 Å². The number of carbonyl (C=O) groups is 2. The van der Waals surface area contributed by atoms with Crippen molar-refractivity contribution in [2.45, 2.75) is 20.8 Å². The van der Waals surface area contributed by atoms with Gasteiger partial charge in [-0.2, -0.15) is 5.10 Å². The molecule has 1 amide bonds. The summed E-state index contributed by atoms with van der Waals surface area (Å²) in [7, 11) is 1.61. The monoisotopic (exact) mass is 363 g/mol. The Morgan fingerprint density at radius 2 is 1.78 bits per heavy atom. The average Bonchev–Trinajstić information content (AvgIpc) is 3.03. The summed E-state index contributed by atoms with van der Waals surface area (Å²) < 4.78 is 6.85. The van der Waals surface area contributed by atoms with Crippen molar-refractivity contribution >= 4 is 17.4 Å². The zero-order valence-electron chi connectivity index (χ0n) is 15.7. The molecule has 0 fully saturated rings. The maximum atomic E-state index is 12.7. The van der Waals surface area contributed by atoms with Crippen LogP contribution in [-0.2, 0) is 0 Å². The standard InChI is InChI=1S/C21H21N3O3/c1-13-6-5-7-18(20(13)15(3)25)22-21(26)19-12-14(2)24(23-19)16-8-10-17(27-4)11-9-16/h5-12H,1-4H3,(H,22,26). The first-order valence-electron chi connectivity index (χ1n) is 8.53. The van der Waals surface area contributed by atoms with Crippen LogP contribution < -0.4 is 10.1 Å². The van der Waals surface area contributed by atoms with Crippen molar-refractivity contribution in [2.24, 2.45) is 0 Å². The Kier molecular flexibility index (Phi) is 5.07. The number of aryl methyl sites for hydroxylation is 2. The number of ketones is 1. The van der Waals surface area contributed by atoms with E-state index in [1.165, 1.54) is 6.92 Å². The number of amides is 1. The number of hydrogen-bond donors (Lipinski definition) is 1. The molecule has 138 valence electrons. The summed E-state index contributed by atoms with van der Waals surface area (Å²) in [5.41, 5.74) is 3.74. The molecule has 0 unspecified atom stereocenters. The summed E-state index contributed by atoms with van der Waals surface area (Å²) >= 11 is 0. The van der Waals surface area contributed by atoms with E-state index < -0.39 is 0 Å². The van der Waals surface area contributed by atoms with E-state index in [0.717, 1.165) is 22.7 Å². The predicted molar refractivity (Wildman–Crippen MR) is 104 cm³/mol. The minimum absolute atomic E-state index is 0.0941. The van der Waals surface area contributed by atoms with Crippen LogP contribution >= 0.6 is 0 Å². The molecular weight excluding hydrogens is 342 g/mol. The van der Waals surface area contributed by atoms with Crippen molar-refractivity contribution < 1.29 is 14.3 Å². The lowest BCUT2D eigenvalue weighted by atomic mass is 10.0.